The molecule has 9 rings (SSSR count). The Morgan fingerprint density at radius 2 is 0.824 bits per heavy atom. The highest BCUT2D eigenvalue weighted by atomic mass is 16.5. The quantitative estimate of drug-likeness (QED) is 0.0530. The van der Waals surface area contributed by atoms with Crippen molar-refractivity contribution in [3.05, 3.63) is 156 Å². The Hall–Kier alpha value is -9.44. The van der Waals surface area contributed by atoms with Gasteiger partial charge in [0.2, 0.25) is 0 Å². The number of fused-ring (bicyclic) bond motifs is 8. The zero-order valence-electron chi connectivity index (χ0n) is 35.6. The van der Waals surface area contributed by atoms with Gasteiger partial charge in [-0.2, -0.15) is 0 Å². The minimum Gasteiger partial charge on any atom is -0.482 e. The summed E-state index contributed by atoms with van der Waals surface area (Å²) in [5.74, 6) is -3.20. The van der Waals surface area contributed by atoms with Gasteiger partial charge in [-0.3, -0.25) is 0 Å². The second kappa shape index (κ2) is 19.0. The first-order chi connectivity index (χ1) is 32.9. The third-order valence-corrected chi connectivity index (χ3v) is 10.7. The zero-order valence-corrected chi connectivity index (χ0v) is 35.6. The number of hydrogen-bond acceptors (Lipinski definition) is 10. The van der Waals surface area contributed by atoms with Crippen molar-refractivity contribution in [2.75, 3.05) is 26.4 Å². The Balaban J connectivity index is 1.40. The van der Waals surface area contributed by atoms with E-state index in [1.165, 1.54) is 0 Å². The molecule has 16 nitrogen and oxygen atoms in total. The highest BCUT2D eigenvalue weighted by molar-refractivity contribution is 6.11. The van der Waals surface area contributed by atoms with Gasteiger partial charge in [-0.25, -0.2) is 29.1 Å². The summed E-state index contributed by atoms with van der Waals surface area (Å²) in [6, 6.07) is 37.5. The molecule has 0 unspecified atom stereocenters. The molecule has 2 aliphatic heterocycles. The molecule has 0 amide bonds. The van der Waals surface area contributed by atoms with E-state index in [-0.39, 0.29) is 0 Å². The largest absolute Gasteiger partial charge is 0.482 e. The number of benzene rings is 4. The van der Waals surface area contributed by atoms with Crippen LogP contribution in [0, 0.1) is 0 Å². The summed E-state index contributed by atoms with van der Waals surface area (Å²) in [7, 11) is 0. The molecule has 0 fully saturated rings. The number of rotatable bonds is 16. The van der Waals surface area contributed by atoms with Crippen molar-refractivity contribution < 1.29 is 58.6 Å². The normalized spacial score (nSPS) is 11.7. The molecule has 0 atom stereocenters. The van der Waals surface area contributed by atoms with E-state index in [0.717, 1.165) is 16.6 Å². The second-order valence-electron chi connectivity index (χ2n) is 15.4. The second-order valence-corrected chi connectivity index (χ2v) is 15.4. The molecule has 2 aliphatic rings. The van der Waals surface area contributed by atoms with Crippen molar-refractivity contribution >= 4 is 69.7 Å². The molecule has 0 saturated heterocycles. The van der Waals surface area contributed by atoms with Gasteiger partial charge in [0, 0.05) is 38.8 Å². The molecular formula is C52H38N4O12. The van der Waals surface area contributed by atoms with Gasteiger partial charge in [0.15, 0.2) is 26.4 Å². The minimum absolute atomic E-state index is 0.313. The molecule has 338 valence electrons. The molecule has 68 heavy (non-hydrogen) atoms. The smallest absolute Gasteiger partial charge is 0.341 e. The SMILES string of the molecule is O=C(O)COc1ccc(C2=Cc3cc4ccc(cc5nc(cc6[nH]c(c(-c7ccc(OCC(=O)O)cc7)c2n3)c(-c2ccc(OCC(=O)O)cc2)c6-c2ccc(OCC(=O)O)cc2)C=C5)[nH]4)cc1. The van der Waals surface area contributed by atoms with Gasteiger partial charge in [-0.1, -0.05) is 48.5 Å². The van der Waals surface area contributed by atoms with Gasteiger partial charge in [0.1, 0.15) is 23.0 Å². The Bertz CT molecular complexity index is 3340. The predicted octanol–water partition coefficient (Wildman–Crippen LogP) is 8.93. The van der Waals surface area contributed by atoms with E-state index in [1.54, 1.807) is 60.7 Å². The number of nitrogens with one attached hydrogen (secondary N) is 2. The summed E-state index contributed by atoms with van der Waals surface area (Å²) in [6.45, 7) is -2.16. The summed E-state index contributed by atoms with van der Waals surface area (Å²) in [6.07, 6.45) is 5.75. The molecule has 16 heteroatoms. The fourth-order valence-electron chi connectivity index (χ4n) is 7.81. The first-order valence-corrected chi connectivity index (χ1v) is 20.9. The third kappa shape index (κ3) is 9.94. The number of aromatic amines is 2. The molecule has 3 aromatic heterocycles. The highest BCUT2D eigenvalue weighted by Gasteiger charge is 2.25. The van der Waals surface area contributed by atoms with Gasteiger partial charge in [-0.15, -0.1) is 0 Å². The monoisotopic (exact) mass is 910 g/mol. The lowest BCUT2D eigenvalue weighted by molar-refractivity contribution is -0.140. The van der Waals surface area contributed by atoms with Gasteiger partial charge < -0.3 is 49.3 Å². The van der Waals surface area contributed by atoms with Crippen LogP contribution < -0.4 is 18.9 Å². The van der Waals surface area contributed by atoms with Crippen LogP contribution in [0.4, 0.5) is 0 Å². The summed E-state index contributed by atoms with van der Waals surface area (Å²) >= 11 is 0. The van der Waals surface area contributed by atoms with E-state index in [0.29, 0.717) is 95.8 Å². The van der Waals surface area contributed by atoms with Crippen LogP contribution in [0.3, 0.4) is 0 Å². The minimum atomic E-state index is -1.14. The number of carboxylic acids is 4. The number of aliphatic carboxylic acids is 4. The van der Waals surface area contributed by atoms with Crippen LogP contribution in [0.25, 0.3) is 79.2 Å². The summed E-state index contributed by atoms with van der Waals surface area (Å²) in [4.78, 5) is 63.1. The van der Waals surface area contributed by atoms with Crippen LogP contribution in [0.15, 0.2) is 127 Å². The molecular weight excluding hydrogens is 873 g/mol. The van der Waals surface area contributed by atoms with E-state index < -0.39 is 50.3 Å². The third-order valence-electron chi connectivity index (χ3n) is 10.7. The zero-order chi connectivity index (χ0) is 47.3. The number of nitrogens with zero attached hydrogens (tertiary/aromatic N) is 2. The predicted molar refractivity (Wildman–Crippen MR) is 252 cm³/mol. The lowest BCUT2D eigenvalue weighted by Gasteiger charge is -2.14. The number of H-pyrrole nitrogens is 2. The van der Waals surface area contributed by atoms with Gasteiger partial charge in [0.05, 0.1) is 28.3 Å². The fraction of sp³-hybridized carbons (Fsp3) is 0.0769. The lowest BCUT2D eigenvalue weighted by atomic mass is 9.91. The van der Waals surface area contributed by atoms with Crippen molar-refractivity contribution in [1.82, 2.24) is 19.9 Å². The Labute approximate surface area is 385 Å². The highest BCUT2D eigenvalue weighted by Crippen LogP contribution is 2.46. The first kappa shape index (κ1) is 43.8. The van der Waals surface area contributed by atoms with Gasteiger partial charge in [-0.05, 0) is 119 Å². The Morgan fingerprint density at radius 3 is 1.28 bits per heavy atom. The summed E-state index contributed by atoms with van der Waals surface area (Å²) in [5, 5.41) is 37.3. The molecule has 5 heterocycles. The lowest BCUT2D eigenvalue weighted by Crippen LogP contribution is -2.09. The molecule has 6 N–H and O–H groups in total. The van der Waals surface area contributed by atoms with Crippen LogP contribution in [-0.4, -0.2) is 90.7 Å². The van der Waals surface area contributed by atoms with E-state index in [9.17, 15) is 39.6 Å². The van der Waals surface area contributed by atoms with Gasteiger partial charge in [0.25, 0.3) is 0 Å². The van der Waals surface area contributed by atoms with Crippen LogP contribution in [-0.2, 0) is 19.2 Å². The average molecular weight is 911 g/mol. The van der Waals surface area contributed by atoms with Crippen LogP contribution in [0.1, 0.15) is 28.3 Å². The van der Waals surface area contributed by atoms with Crippen LogP contribution in [0.2, 0.25) is 0 Å². The molecule has 0 spiro atoms. The fourth-order valence-corrected chi connectivity index (χ4v) is 7.81. The first-order valence-electron chi connectivity index (χ1n) is 20.9. The van der Waals surface area contributed by atoms with Crippen molar-refractivity contribution in [3.63, 3.8) is 0 Å². The van der Waals surface area contributed by atoms with Gasteiger partial charge >= 0.3 is 23.9 Å². The van der Waals surface area contributed by atoms with E-state index in [1.807, 2.05) is 85.0 Å². The molecule has 7 aromatic rings. The summed E-state index contributed by atoms with van der Waals surface area (Å²) < 4.78 is 22.1. The molecule has 0 saturated carbocycles. The van der Waals surface area contributed by atoms with Crippen molar-refractivity contribution in [3.8, 4) is 56.4 Å². The van der Waals surface area contributed by atoms with Crippen molar-refractivity contribution in [1.29, 1.82) is 0 Å². The maximum Gasteiger partial charge on any atom is 0.341 e. The molecule has 0 radical (unpaired) electrons. The molecule has 4 aromatic carbocycles. The van der Waals surface area contributed by atoms with Crippen molar-refractivity contribution in [2.45, 2.75) is 0 Å². The maximum atomic E-state index is 11.5. The number of carbonyl (C=O) groups is 4. The molecule has 0 aliphatic carbocycles. The Kier molecular flexibility index (Phi) is 12.2. The number of ether oxygens (including phenoxy) is 4. The van der Waals surface area contributed by atoms with Crippen molar-refractivity contribution in [2.24, 2.45) is 0 Å². The summed E-state index contributed by atoms with van der Waals surface area (Å²) in [5.41, 5.74) is 10.6. The number of carboxylic acid groups (broad SMARTS) is 4. The number of hydrogen-bond donors (Lipinski definition) is 6. The van der Waals surface area contributed by atoms with Crippen LogP contribution in [0.5, 0.6) is 23.0 Å². The van der Waals surface area contributed by atoms with E-state index in [4.69, 9.17) is 28.9 Å². The van der Waals surface area contributed by atoms with E-state index in [2.05, 4.69) is 9.97 Å². The maximum absolute atomic E-state index is 11.5. The van der Waals surface area contributed by atoms with E-state index >= 15 is 0 Å². The standard InChI is InChI=1S/C52H38N4O12/c57-44(58)25-65-38-13-1-29(2-14-38)42-23-37-22-35-10-9-33(53-35)21-34-11-12-36(54-34)24-43-48(30-3-15-39(16-4-30)66-26-45(59)60)49(31-5-17-40(18-6-31)67-27-46(61)62)52(56-43)50(51(42)55-37)32-7-19-41(20-8-32)68-28-47(63)64/h1-24,53,56H,25-28H2,(H,57,58)(H,59,60)(H,61,62)(H,63,64). The molecule has 8 bridgehead atoms. The number of aromatic nitrogens is 4. The topological polar surface area (TPSA) is 243 Å². The average Bonchev–Trinajstić information content (AvgIpc) is 4.15. The Morgan fingerprint density at radius 1 is 0.426 bits per heavy atom. The van der Waals surface area contributed by atoms with Crippen LogP contribution >= 0.6 is 0 Å².